The highest BCUT2D eigenvalue weighted by atomic mass is 35.5. The van der Waals surface area contributed by atoms with Gasteiger partial charge < -0.3 is 4.57 Å². The average molecular weight is 418 g/mol. The fourth-order valence-corrected chi connectivity index (χ4v) is 5.42. The molecule has 28 heavy (non-hydrogen) atoms. The zero-order chi connectivity index (χ0) is 19.9. The molecule has 0 radical (unpaired) electrons. The summed E-state index contributed by atoms with van der Waals surface area (Å²) in [6.07, 6.45) is 1.90. The van der Waals surface area contributed by atoms with Crippen LogP contribution in [0.15, 0.2) is 71.8 Å². The first-order valence-electron chi connectivity index (χ1n) is 8.55. The molecule has 9 heteroatoms. The Balaban J connectivity index is 1.88. The fourth-order valence-electron chi connectivity index (χ4n) is 3.56. The highest BCUT2D eigenvalue weighted by molar-refractivity contribution is 7.89. The lowest BCUT2D eigenvalue weighted by Crippen LogP contribution is -2.42. The summed E-state index contributed by atoms with van der Waals surface area (Å²) in [5.41, 5.74) is 1.11. The van der Waals surface area contributed by atoms with Crippen LogP contribution >= 0.6 is 11.6 Å². The van der Waals surface area contributed by atoms with E-state index in [1.165, 1.54) is 28.6 Å². The van der Waals surface area contributed by atoms with Gasteiger partial charge in [0.25, 0.3) is 15.7 Å². The Kier molecular flexibility index (Phi) is 4.70. The maximum atomic E-state index is 13.5. The van der Waals surface area contributed by atoms with Crippen LogP contribution in [0, 0.1) is 10.1 Å². The predicted molar refractivity (Wildman–Crippen MR) is 105 cm³/mol. The Morgan fingerprint density at radius 1 is 1.00 bits per heavy atom. The van der Waals surface area contributed by atoms with Crippen molar-refractivity contribution >= 4 is 27.3 Å². The van der Waals surface area contributed by atoms with Gasteiger partial charge in [-0.2, -0.15) is 4.31 Å². The molecule has 1 aromatic heterocycles. The largest absolute Gasteiger partial charge is 0.348 e. The SMILES string of the molecule is O=[N+]([O-])c1ccccc1S(=O)(=O)N1CCn2cccc2C1c1ccc(Cl)cc1. The van der Waals surface area contributed by atoms with E-state index in [4.69, 9.17) is 11.6 Å². The van der Waals surface area contributed by atoms with Crippen LogP contribution < -0.4 is 0 Å². The fraction of sp³-hybridized carbons (Fsp3) is 0.158. The molecular weight excluding hydrogens is 402 g/mol. The lowest BCUT2D eigenvalue weighted by molar-refractivity contribution is -0.387. The molecule has 0 N–H and O–H groups in total. The molecule has 0 bridgehead atoms. The summed E-state index contributed by atoms with van der Waals surface area (Å²) in [4.78, 5) is 10.4. The van der Waals surface area contributed by atoms with Gasteiger partial charge in [-0.05, 0) is 35.9 Å². The molecule has 2 aromatic carbocycles. The summed E-state index contributed by atoms with van der Waals surface area (Å²) in [5.74, 6) is 0. The molecule has 0 amide bonds. The highest BCUT2D eigenvalue weighted by Crippen LogP contribution is 2.38. The number of fused-ring (bicyclic) bond motifs is 1. The van der Waals surface area contributed by atoms with E-state index >= 15 is 0 Å². The molecule has 0 saturated heterocycles. The maximum absolute atomic E-state index is 13.5. The van der Waals surface area contributed by atoms with Crippen LogP contribution in [0.2, 0.25) is 5.02 Å². The minimum atomic E-state index is -4.12. The van der Waals surface area contributed by atoms with E-state index < -0.39 is 26.7 Å². The van der Waals surface area contributed by atoms with Crippen molar-refractivity contribution in [3.63, 3.8) is 0 Å². The molecule has 1 unspecified atom stereocenters. The third-order valence-corrected chi connectivity index (χ3v) is 6.99. The molecule has 0 spiro atoms. The standard InChI is InChI=1S/C19H16ClN3O4S/c20-15-9-7-14(8-10-15)19-17-5-3-11-21(17)12-13-22(19)28(26,27)18-6-2-1-4-16(18)23(24)25/h1-11,19H,12-13H2. The number of rotatable bonds is 4. The van der Waals surface area contributed by atoms with Gasteiger partial charge in [0, 0.05) is 36.1 Å². The minimum absolute atomic E-state index is 0.198. The molecular formula is C19H16ClN3O4S. The third kappa shape index (κ3) is 3.09. The van der Waals surface area contributed by atoms with Crippen LogP contribution in [0.5, 0.6) is 0 Å². The average Bonchev–Trinajstić information content (AvgIpc) is 3.17. The lowest BCUT2D eigenvalue weighted by Gasteiger charge is -2.36. The van der Waals surface area contributed by atoms with Gasteiger partial charge in [0.15, 0.2) is 4.90 Å². The normalized spacial score (nSPS) is 17.2. The van der Waals surface area contributed by atoms with Crippen molar-refractivity contribution < 1.29 is 13.3 Å². The summed E-state index contributed by atoms with van der Waals surface area (Å²) in [7, 11) is -4.12. The zero-order valence-corrected chi connectivity index (χ0v) is 16.2. The Bertz CT molecular complexity index is 1140. The topological polar surface area (TPSA) is 85.4 Å². The highest BCUT2D eigenvalue weighted by Gasteiger charge is 2.40. The second kappa shape index (κ2) is 7.05. The van der Waals surface area contributed by atoms with Gasteiger partial charge in [-0.3, -0.25) is 10.1 Å². The van der Waals surface area contributed by atoms with Crippen LogP contribution in [-0.2, 0) is 16.6 Å². The molecule has 7 nitrogen and oxygen atoms in total. The third-order valence-electron chi connectivity index (χ3n) is 4.83. The van der Waals surface area contributed by atoms with Crippen molar-refractivity contribution in [1.29, 1.82) is 0 Å². The number of benzene rings is 2. The number of aromatic nitrogens is 1. The van der Waals surface area contributed by atoms with Gasteiger partial charge in [-0.25, -0.2) is 8.42 Å². The summed E-state index contributed by atoms with van der Waals surface area (Å²) < 4.78 is 30.3. The Labute approximate surface area is 167 Å². The van der Waals surface area contributed by atoms with Gasteiger partial charge >= 0.3 is 0 Å². The van der Waals surface area contributed by atoms with Crippen LogP contribution in [0.3, 0.4) is 0 Å². The molecule has 0 saturated carbocycles. The van der Waals surface area contributed by atoms with Gasteiger partial charge in [-0.15, -0.1) is 0 Å². The summed E-state index contributed by atoms with van der Waals surface area (Å²) >= 11 is 6.00. The predicted octanol–water partition coefficient (Wildman–Crippen LogP) is 3.84. The lowest BCUT2D eigenvalue weighted by atomic mass is 10.0. The molecule has 3 aromatic rings. The minimum Gasteiger partial charge on any atom is -0.348 e. The molecule has 2 heterocycles. The Hall–Kier alpha value is -2.68. The number of nitro groups is 1. The summed E-state index contributed by atoms with van der Waals surface area (Å²) in [5, 5.41) is 11.9. The smallest absolute Gasteiger partial charge is 0.289 e. The van der Waals surface area contributed by atoms with Crippen molar-refractivity contribution in [2.75, 3.05) is 6.54 Å². The van der Waals surface area contributed by atoms with Gasteiger partial charge in [0.05, 0.1) is 11.0 Å². The van der Waals surface area contributed by atoms with E-state index in [0.717, 1.165) is 11.3 Å². The second-order valence-electron chi connectivity index (χ2n) is 6.42. The molecule has 144 valence electrons. The maximum Gasteiger partial charge on any atom is 0.289 e. The van der Waals surface area contributed by atoms with Crippen LogP contribution in [-0.4, -0.2) is 28.8 Å². The first kappa shape index (κ1) is 18.7. The first-order valence-corrected chi connectivity index (χ1v) is 10.4. The quantitative estimate of drug-likeness (QED) is 0.476. The van der Waals surface area contributed by atoms with E-state index in [1.807, 2.05) is 22.9 Å². The van der Waals surface area contributed by atoms with Crippen LogP contribution in [0.1, 0.15) is 17.3 Å². The number of hydrogen-bond acceptors (Lipinski definition) is 4. The summed E-state index contributed by atoms with van der Waals surface area (Å²) in [6, 6.07) is 15.5. The number of nitrogens with zero attached hydrogens (tertiary/aromatic N) is 3. The van der Waals surface area contributed by atoms with Crippen molar-refractivity contribution in [2.45, 2.75) is 17.5 Å². The number of para-hydroxylation sites is 1. The molecule has 0 aliphatic carbocycles. The van der Waals surface area contributed by atoms with Gasteiger partial charge in [0.1, 0.15) is 0 Å². The van der Waals surface area contributed by atoms with Crippen molar-refractivity contribution in [2.24, 2.45) is 0 Å². The monoisotopic (exact) mass is 417 g/mol. The number of halogens is 1. The Morgan fingerprint density at radius 3 is 2.43 bits per heavy atom. The van der Waals surface area contributed by atoms with Crippen molar-refractivity contribution in [1.82, 2.24) is 8.87 Å². The van der Waals surface area contributed by atoms with Gasteiger partial charge in [0.2, 0.25) is 0 Å². The molecule has 1 aliphatic rings. The van der Waals surface area contributed by atoms with E-state index in [9.17, 15) is 18.5 Å². The van der Waals surface area contributed by atoms with Gasteiger partial charge in [-0.1, -0.05) is 35.9 Å². The second-order valence-corrected chi connectivity index (χ2v) is 8.72. The zero-order valence-electron chi connectivity index (χ0n) is 14.6. The van der Waals surface area contributed by atoms with E-state index in [0.29, 0.717) is 11.6 Å². The van der Waals surface area contributed by atoms with E-state index in [-0.39, 0.29) is 11.4 Å². The van der Waals surface area contributed by atoms with E-state index in [1.54, 1.807) is 24.3 Å². The van der Waals surface area contributed by atoms with Crippen molar-refractivity contribution in [3.05, 3.63) is 93.3 Å². The van der Waals surface area contributed by atoms with Crippen LogP contribution in [0.4, 0.5) is 5.69 Å². The number of hydrogen-bond donors (Lipinski definition) is 0. The summed E-state index contributed by atoms with van der Waals surface area (Å²) in [6.45, 7) is 0.662. The number of nitro benzene ring substituents is 1. The van der Waals surface area contributed by atoms with Crippen LogP contribution in [0.25, 0.3) is 0 Å². The molecule has 1 aliphatic heterocycles. The van der Waals surface area contributed by atoms with E-state index in [2.05, 4.69) is 0 Å². The molecule has 4 rings (SSSR count). The van der Waals surface area contributed by atoms with Crippen molar-refractivity contribution in [3.8, 4) is 0 Å². The Morgan fingerprint density at radius 2 is 1.71 bits per heavy atom. The molecule has 1 atom stereocenters. The molecule has 0 fully saturated rings. The number of sulfonamides is 1. The first-order chi connectivity index (χ1) is 13.4.